The van der Waals surface area contributed by atoms with Gasteiger partial charge in [0, 0.05) is 68.6 Å². The molecule has 2 aliphatic heterocycles. The van der Waals surface area contributed by atoms with Crippen LogP contribution < -0.4 is 5.56 Å². The Morgan fingerprint density at radius 2 is 2.03 bits per heavy atom. The van der Waals surface area contributed by atoms with Crippen molar-refractivity contribution in [2.45, 2.75) is 32.1 Å². The Bertz CT molecular complexity index is 922. The summed E-state index contributed by atoms with van der Waals surface area (Å²) in [5.74, 6) is 0.132. The molecule has 29 heavy (non-hydrogen) atoms. The van der Waals surface area contributed by atoms with Crippen molar-refractivity contribution in [3.8, 4) is 0 Å². The number of likely N-dealkylation sites (tertiary alicyclic amines) is 2. The lowest BCUT2D eigenvalue weighted by Crippen LogP contribution is -2.55. The maximum Gasteiger partial charge on any atom is 0.255 e. The predicted octanol–water partition coefficient (Wildman–Crippen LogP) is 1.86. The van der Waals surface area contributed by atoms with Gasteiger partial charge in [-0.15, -0.1) is 0 Å². The van der Waals surface area contributed by atoms with Crippen LogP contribution in [0.15, 0.2) is 47.5 Å². The molecule has 1 spiro atoms. The van der Waals surface area contributed by atoms with Crippen LogP contribution in [0.1, 0.15) is 41.7 Å². The molecule has 2 amide bonds. The molecule has 2 aromatic heterocycles. The van der Waals surface area contributed by atoms with Crippen LogP contribution in [0.2, 0.25) is 0 Å². The van der Waals surface area contributed by atoms with Crippen molar-refractivity contribution in [1.29, 1.82) is 0 Å². The Labute approximate surface area is 169 Å². The minimum Gasteiger partial charge on any atom is -0.342 e. The Morgan fingerprint density at radius 1 is 1.14 bits per heavy atom. The second-order valence-electron chi connectivity index (χ2n) is 8.16. The largest absolute Gasteiger partial charge is 0.342 e. The number of aromatic amines is 1. The maximum atomic E-state index is 12.9. The number of hydrogen-bond acceptors (Lipinski definition) is 4. The molecular weight excluding hydrogens is 368 g/mol. The monoisotopic (exact) mass is 394 g/mol. The normalized spacial score (nSPS) is 22.1. The summed E-state index contributed by atoms with van der Waals surface area (Å²) in [6.07, 6.45) is 7.30. The third-order valence-corrected chi connectivity index (χ3v) is 6.09. The van der Waals surface area contributed by atoms with E-state index in [-0.39, 0.29) is 22.8 Å². The number of carbonyl (C=O) groups excluding carboxylic acids is 2. The van der Waals surface area contributed by atoms with Gasteiger partial charge in [-0.2, -0.15) is 0 Å². The second-order valence-corrected chi connectivity index (χ2v) is 8.16. The van der Waals surface area contributed by atoms with E-state index < -0.39 is 0 Å². The van der Waals surface area contributed by atoms with Crippen molar-refractivity contribution in [1.82, 2.24) is 19.8 Å². The van der Waals surface area contributed by atoms with E-state index in [0.29, 0.717) is 38.2 Å². The van der Waals surface area contributed by atoms with Gasteiger partial charge in [0.2, 0.25) is 11.5 Å². The molecule has 0 unspecified atom stereocenters. The molecule has 0 radical (unpaired) electrons. The van der Waals surface area contributed by atoms with Crippen molar-refractivity contribution < 1.29 is 9.59 Å². The molecule has 0 aliphatic carbocycles. The van der Waals surface area contributed by atoms with Crippen LogP contribution in [0.25, 0.3) is 0 Å². The third kappa shape index (κ3) is 4.39. The van der Waals surface area contributed by atoms with E-state index in [1.54, 1.807) is 12.3 Å². The van der Waals surface area contributed by atoms with Gasteiger partial charge in [0.05, 0.1) is 5.56 Å². The third-order valence-electron chi connectivity index (χ3n) is 6.09. The fourth-order valence-electron chi connectivity index (χ4n) is 4.54. The zero-order valence-electron chi connectivity index (χ0n) is 16.5. The molecule has 0 saturated carbocycles. The number of pyridine rings is 2. The van der Waals surface area contributed by atoms with Crippen LogP contribution in [-0.2, 0) is 11.2 Å². The molecule has 0 bridgehead atoms. The SMILES string of the molecule is O=C1CC[C@]2(CCCN(C(=O)c3ccc(=O)[nH]c3)C2)CN1CCc1ccccn1. The summed E-state index contributed by atoms with van der Waals surface area (Å²) in [7, 11) is 0. The lowest BCUT2D eigenvalue weighted by atomic mass is 9.73. The summed E-state index contributed by atoms with van der Waals surface area (Å²) in [5.41, 5.74) is 1.22. The first-order valence-electron chi connectivity index (χ1n) is 10.2. The average molecular weight is 394 g/mol. The minimum absolute atomic E-state index is 0.0475. The van der Waals surface area contributed by atoms with Gasteiger partial charge < -0.3 is 14.8 Å². The van der Waals surface area contributed by atoms with Crippen LogP contribution in [0, 0.1) is 5.41 Å². The van der Waals surface area contributed by atoms with Crippen LogP contribution >= 0.6 is 0 Å². The van der Waals surface area contributed by atoms with Gasteiger partial charge in [0.15, 0.2) is 0 Å². The number of aromatic nitrogens is 2. The van der Waals surface area contributed by atoms with Gasteiger partial charge in [0.25, 0.3) is 5.91 Å². The summed E-state index contributed by atoms with van der Waals surface area (Å²) in [4.78, 5) is 47.4. The van der Waals surface area contributed by atoms with E-state index in [9.17, 15) is 14.4 Å². The molecule has 1 N–H and O–H groups in total. The van der Waals surface area contributed by atoms with Crippen molar-refractivity contribution in [3.63, 3.8) is 0 Å². The summed E-state index contributed by atoms with van der Waals surface area (Å²) >= 11 is 0. The highest BCUT2D eigenvalue weighted by Gasteiger charge is 2.42. The Kier molecular flexibility index (Phi) is 5.47. The second kappa shape index (κ2) is 8.19. The molecule has 4 rings (SSSR count). The maximum absolute atomic E-state index is 12.9. The summed E-state index contributed by atoms with van der Waals surface area (Å²) in [6, 6.07) is 8.79. The van der Waals surface area contributed by atoms with E-state index in [1.807, 2.05) is 28.0 Å². The first-order valence-corrected chi connectivity index (χ1v) is 10.2. The summed E-state index contributed by atoms with van der Waals surface area (Å²) < 4.78 is 0. The lowest BCUT2D eigenvalue weighted by Gasteiger charge is -2.48. The number of rotatable bonds is 4. The fraction of sp³-hybridized carbons (Fsp3) is 0.455. The van der Waals surface area contributed by atoms with Crippen molar-refractivity contribution in [3.05, 3.63) is 64.3 Å². The van der Waals surface area contributed by atoms with E-state index in [4.69, 9.17) is 0 Å². The van der Waals surface area contributed by atoms with Crippen molar-refractivity contribution in [2.75, 3.05) is 26.2 Å². The molecule has 0 aromatic carbocycles. The first kappa shape index (κ1) is 19.4. The van der Waals surface area contributed by atoms with Crippen LogP contribution in [0.4, 0.5) is 0 Å². The van der Waals surface area contributed by atoms with Gasteiger partial charge in [-0.3, -0.25) is 19.4 Å². The molecule has 2 fully saturated rings. The highest BCUT2D eigenvalue weighted by atomic mass is 16.2. The number of piperidine rings is 2. The number of carbonyl (C=O) groups is 2. The van der Waals surface area contributed by atoms with E-state index in [2.05, 4.69) is 9.97 Å². The molecule has 152 valence electrons. The van der Waals surface area contributed by atoms with Crippen molar-refractivity contribution in [2.24, 2.45) is 5.41 Å². The number of hydrogen-bond donors (Lipinski definition) is 1. The first-order chi connectivity index (χ1) is 14.0. The van der Waals surface area contributed by atoms with Gasteiger partial charge in [-0.25, -0.2) is 0 Å². The molecule has 4 heterocycles. The van der Waals surface area contributed by atoms with Gasteiger partial charge in [-0.05, 0) is 37.5 Å². The number of nitrogens with one attached hydrogen (secondary N) is 1. The standard InChI is InChI=1S/C22H26N4O3/c27-19-6-5-17(14-24-19)21(29)26-12-3-9-22(16-26)10-7-20(28)25(15-22)13-8-18-4-1-2-11-23-18/h1-2,4-6,11,14H,3,7-10,12-13,15-16H2,(H,24,27)/t22-/m1/s1. The minimum atomic E-state index is -0.217. The highest BCUT2D eigenvalue weighted by Crippen LogP contribution is 2.39. The van der Waals surface area contributed by atoms with Crippen molar-refractivity contribution >= 4 is 11.8 Å². The van der Waals surface area contributed by atoms with E-state index >= 15 is 0 Å². The topological polar surface area (TPSA) is 86.4 Å². The number of nitrogens with zero attached hydrogens (tertiary/aromatic N) is 3. The van der Waals surface area contributed by atoms with E-state index in [0.717, 1.165) is 31.4 Å². The molecular formula is C22H26N4O3. The molecule has 7 heteroatoms. The molecule has 1 atom stereocenters. The Hall–Kier alpha value is -2.96. The Balaban J connectivity index is 1.43. The molecule has 2 aromatic rings. The van der Waals surface area contributed by atoms with Gasteiger partial charge in [0.1, 0.15) is 0 Å². The summed E-state index contributed by atoms with van der Waals surface area (Å²) in [5, 5.41) is 0. The molecule has 2 saturated heterocycles. The van der Waals surface area contributed by atoms with Gasteiger partial charge in [-0.1, -0.05) is 6.07 Å². The zero-order chi connectivity index (χ0) is 20.3. The molecule has 2 aliphatic rings. The van der Waals surface area contributed by atoms with Gasteiger partial charge >= 0.3 is 0 Å². The Morgan fingerprint density at radius 3 is 2.79 bits per heavy atom. The fourth-order valence-corrected chi connectivity index (χ4v) is 4.54. The molecule has 7 nitrogen and oxygen atoms in total. The quantitative estimate of drug-likeness (QED) is 0.858. The number of amides is 2. The lowest BCUT2D eigenvalue weighted by molar-refractivity contribution is -0.138. The van der Waals surface area contributed by atoms with Crippen LogP contribution in [0.3, 0.4) is 0 Å². The predicted molar refractivity (Wildman–Crippen MR) is 108 cm³/mol. The van der Waals surface area contributed by atoms with Crippen LogP contribution in [0.5, 0.6) is 0 Å². The highest BCUT2D eigenvalue weighted by molar-refractivity contribution is 5.94. The summed E-state index contributed by atoms with van der Waals surface area (Å²) in [6.45, 7) is 2.71. The van der Waals surface area contributed by atoms with Crippen LogP contribution in [-0.4, -0.2) is 57.8 Å². The average Bonchev–Trinajstić information content (AvgIpc) is 2.75. The van der Waals surface area contributed by atoms with E-state index in [1.165, 1.54) is 12.3 Å². The zero-order valence-corrected chi connectivity index (χ0v) is 16.5. The smallest absolute Gasteiger partial charge is 0.255 e. The number of H-pyrrole nitrogens is 1.